The van der Waals surface area contributed by atoms with Crippen LogP contribution in [0.15, 0.2) is 0 Å². The van der Waals surface area contributed by atoms with Crippen LogP contribution in [0.25, 0.3) is 0 Å². The quantitative estimate of drug-likeness (QED) is 0.499. The van der Waals surface area contributed by atoms with E-state index in [0.29, 0.717) is 0 Å². The first-order valence-corrected chi connectivity index (χ1v) is 11.2. The molecule has 0 aliphatic rings. The molecule has 0 saturated carbocycles. The van der Waals surface area contributed by atoms with E-state index in [1.54, 1.807) is 20.8 Å². The second-order valence-corrected chi connectivity index (χ2v) is 13.4. The van der Waals surface area contributed by atoms with Crippen molar-refractivity contribution in [3.8, 4) is 0 Å². The second-order valence-electron chi connectivity index (χ2n) is 8.69. The molecule has 0 aliphatic heterocycles. The molecule has 0 aromatic carbocycles. The number of carbonyl (C=O) groups excluding carboxylic acids is 2. The number of primary amides is 1. The van der Waals surface area contributed by atoms with E-state index in [1.165, 1.54) is 0 Å². The number of tetrazole rings is 1. The average molecular weight is 387 g/mol. The van der Waals surface area contributed by atoms with Crippen LogP contribution in [-0.4, -0.2) is 46.5 Å². The lowest BCUT2D eigenvalue weighted by molar-refractivity contribution is -0.124. The Balaban J connectivity index is 3.37. The number of aromatic nitrogens is 4. The van der Waals surface area contributed by atoms with E-state index >= 15 is 0 Å². The number of hydrogen-bond donors (Lipinski definition) is 3. The van der Waals surface area contributed by atoms with Crippen LogP contribution in [0.5, 0.6) is 0 Å². The molecular weight excluding hydrogens is 356 g/mol. The molecule has 0 bridgehead atoms. The van der Waals surface area contributed by atoms with Crippen LogP contribution in [0.2, 0.25) is 18.1 Å². The summed E-state index contributed by atoms with van der Waals surface area (Å²) in [4.78, 5) is 24.2. The minimum atomic E-state index is -2.49. The normalized spacial score (nSPS) is 15.2. The molecule has 0 radical (unpaired) electrons. The molecule has 0 saturated heterocycles. The van der Waals surface area contributed by atoms with Crippen LogP contribution < -0.4 is 11.1 Å². The van der Waals surface area contributed by atoms with Gasteiger partial charge in [0.15, 0.2) is 8.32 Å². The molecule has 4 N–H and O–H groups in total. The average Bonchev–Trinajstić information content (AvgIpc) is 2.86. The van der Waals surface area contributed by atoms with Crippen molar-refractivity contribution >= 4 is 20.3 Å². The Labute approximate surface area is 154 Å². The number of ether oxygens (including phenoxy) is 1. The molecule has 1 heterocycles. The van der Waals surface area contributed by atoms with Gasteiger partial charge in [0.05, 0.1) is 6.42 Å². The molecule has 11 heteroatoms. The van der Waals surface area contributed by atoms with Gasteiger partial charge in [-0.25, -0.2) is 4.79 Å². The lowest BCUT2D eigenvalue weighted by Gasteiger charge is -2.44. The number of alkyl carbamates (subject to hydrolysis) is 1. The first-order valence-electron chi connectivity index (χ1n) is 8.31. The number of aromatic amines is 1. The third-order valence-corrected chi connectivity index (χ3v) is 8.54. The Morgan fingerprint density at radius 3 is 2.15 bits per heavy atom. The van der Waals surface area contributed by atoms with Crippen LogP contribution in [-0.2, 0) is 19.7 Å². The molecule has 0 fully saturated rings. The van der Waals surface area contributed by atoms with Gasteiger partial charge in [-0.1, -0.05) is 20.8 Å². The van der Waals surface area contributed by atoms with Gasteiger partial charge in [0.1, 0.15) is 5.60 Å². The van der Waals surface area contributed by atoms with Gasteiger partial charge in [-0.15, -0.1) is 10.2 Å². The molecule has 148 valence electrons. The van der Waals surface area contributed by atoms with Crippen molar-refractivity contribution in [1.29, 1.82) is 0 Å². The molecule has 1 unspecified atom stereocenters. The Hall–Kier alpha value is -2.01. The fourth-order valence-electron chi connectivity index (χ4n) is 1.92. The molecule has 26 heavy (non-hydrogen) atoms. The van der Waals surface area contributed by atoms with E-state index in [9.17, 15) is 9.59 Å². The minimum Gasteiger partial charge on any atom is -0.444 e. The summed E-state index contributed by atoms with van der Waals surface area (Å²) >= 11 is 0. The van der Waals surface area contributed by atoms with E-state index in [4.69, 9.17) is 14.9 Å². The third kappa shape index (κ3) is 5.76. The van der Waals surface area contributed by atoms with E-state index < -0.39 is 31.6 Å². The molecular formula is C15H30N6O4Si. The topological polar surface area (TPSA) is 145 Å². The second kappa shape index (κ2) is 7.31. The summed E-state index contributed by atoms with van der Waals surface area (Å²) in [5, 5.41) is 16.1. The number of H-pyrrole nitrogens is 1. The van der Waals surface area contributed by atoms with Crippen molar-refractivity contribution in [3.05, 3.63) is 5.82 Å². The highest BCUT2D eigenvalue weighted by molar-refractivity contribution is 6.74. The van der Waals surface area contributed by atoms with Gasteiger partial charge in [0.25, 0.3) is 0 Å². The highest BCUT2D eigenvalue weighted by Crippen LogP contribution is 2.41. The zero-order valence-electron chi connectivity index (χ0n) is 16.8. The van der Waals surface area contributed by atoms with Crippen molar-refractivity contribution < 1.29 is 18.8 Å². The standard InChI is InChI=1S/C15H30N6O4Si/c1-13(2,3)24-12(23)17-15(9-10(16)22,11-18-20-21-19-11)25-26(7,8)14(4,5)6/h9H2,1-8H3,(H2,16,22)(H,17,23)(H,18,19,20,21). The minimum absolute atomic E-state index is 0.00647. The van der Waals surface area contributed by atoms with Crippen LogP contribution in [0, 0.1) is 0 Å². The Bertz CT molecular complexity index is 636. The summed E-state index contributed by atoms with van der Waals surface area (Å²) in [6, 6.07) is 0. The highest BCUT2D eigenvalue weighted by atomic mass is 28.4. The van der Waals surface area contributed by atoms with Crippen LogP contribution in [0.1, 0.15) is 53.8 Å². The molecule has 1 rings (SSSR count). The van der Waals surface area contributed by atoms with Crippen molar-refractivity contribution in [1.82, 2.24) is 25.9 Å². The number of carbonyl (C=O) groups is 2. The van der Waals surface area contributed by atoms with Crippen LogP contribution >= 0.6 is 0 Å². The van der Waals surface area contributed by atoms with Crippen molar-refractivity contribution in [2.24, 2.45) is 5.73 Å². The fraction of sp³-hybridized carbons (Fsp3) is 0.800. The maximum Gasteiger partial charge on any atom is 0.410 e. The van der Waals surface area contributed by atoms with Gasteiger partial charge in [0, 0.05) is 0 Å². The number of rotatable bonds is 6. The van der Waals surface area contributed by atoms with E-state index in [2.05, 4.69) is 25.9 Å². The molecule has 0 spiro atoms. The number of nitrogens with one attached hydrogen (secondary N) is 2. The summed E-state index contributed by atoms with van der Waals surface area (Å²) in [5.74, 6) is -0.684. The molecule has 1 aromatic heterocycles. The van der Waals surface area contributed by atoms with E-state index in [0.717, 1.165) is 0 Å². The number of amides is 2. The maximum absolute atomic E-state index is 12.5. The van der Waals surface area contributed by atoms with E-state index in [-0.39, 0.29) is 17.3 Å². The number of nitrogens with two attached hydrogens (primary N) is 1. The lowest BCUT2D eigenvalue weighted by Crippen LogP contribution is -2.58. The Morgan fingerprint density at radius 1 is 1.19 bits per heavy atom. The number of nitrogens with zero attached hydrogens (tertiary/aromatic N) is 3. The molecule has 1 atom stereocenters. The van der Waals surface area contributed by atoms with Gasteiger partial charge in [-0.3, -0.25) is 10.1 Å². The maximum atomic E-state index is 12.5. The zero-order chi connectivity index (χ0) is 20.4. The Kier molecular flexibility index (Phi) is 6.19. The third-order valence-electron chi connectivity index (χ3n) is 4.07. The van der Waals surface area contributed by atoms with Crippen molar-refractivity contribution in [3.63, 3.8) is 0 Å². The Morgan fingerprint density at radius 2 is 1.77 bits per heavy atom. The summed E-state index contributed by atoms with van der Waals surface area (Å²) in [6.07, 6.45) is -1.14. The predicted molar refractivity (Wildman–Crippen MR) is 97.3 cm³/mol. The first-order chi connectivity index (χ1) is 11.6. The van der Waals surface area contributed by atoms with Gasteiger partial charge in [0.2, 0.25) is 17.5 Å². The van der Waals surface area contributed by atoms with Crippen molar-refractivity contribution in [2.75, 3.05) is 0 Å². The smallest absolute Gasteiger partial charge is 0.410 e. The molecule has 1 aromatic rings. The molecule has 0 aliphatic carbocycles. The lowest BCUT2D eigenvalue weighted by atomic mass is 10.1. The van der Waals surface area contributed by atoms with E-state index in [1.807, 2.05) is 33.9 Å². The van der Waals surface area contributed by atoms with Crippen LogP contribution in [0.3, 0.4) is 0 Å². The summed E-state index contributed by atoms with van der Waals surface area (Å²) in [7, 11) is -2.49. The predicted octanol–water partition coefficient (Wildman–Crippen LogP) is 1.77. The SMILES string of the molecule is CC(C)(C)OC(=O)NC(CC(N)=O)(O[Si](C)(C)C(C)(C)C)c1nn[nH]n1. The zero-order valence-corrected chi connectivity index (χ0v) is 17.8. The van der Waals surface area contributed by atoms with Crippen LogP contribution in [0.4, 0.5) is 4.79 Å². The summed E-state index contributed by atoms with van der Waals surface area (Å²) < 4.78 is 11.7. The van der Waals surface area contributed by atoms with Gasteiger partial charge in [-0.05, 0) is 44.1 Å². The van der Waals surface area contributed by atoms with Gasteiger partial charge >= 0.3 is 6.09 Å². The monoisotopic (exact) mass is 386 g/mol. The summed E-state index contributed by atoms with van der Waals surface area (Å²) in [6.45, 7) is 15.2. The van der Waals surface area contributed by atoms with Crippen molar-refractivity contribution in [2.45, 2.75) is 77.4 Å². The van der Waals surface area contributed by atoms with Gasteiger partial charge in [-0.2, -0.15) is 5.21 Å². The van der Waals surface area contributed by atoms with Gasteiger partial charge < -0.3 is 14.9 Å². The molecule has 10 nitrogen and oxygen atoms in total. The first kappa shape index (κ1) is 22.0. The molecule has 2 amide bonds. The fourth-order valence-corrected chi connectivity index (χ4v) is 3.31. The highest BCUT2D eigenvalue weighted by Gasteiger charge is 2.50. The largest absolute Gasteiger partial charge is 0.444 e. The number of hydrogen-bond acceptors (Lipinski definition) is 7. The summed E-state index contributed by atoms with van der Waals surface area (Å²) in [5.41, 5.74) is 3.02.